The molecule has 2 unspecified atom stereocenters. The van der Waals surface area contributed by atoms with Crippen LogP contribution in [0.1, 0.15) is 354 Å². The lowest BCUT2D eigenvalue weighted by Gasteiger charge is -2.24. The average Bonchev–Trinajstić information content (AvgIpc) is 3.39. The summed E-state index contributed by atoms with van der Waals surface area (Å²) >= 11 is 0. The maximum Gasteiger partial charge on any atom is 0.472 e. The molecular weight excluding hydrogens is 978 g/mol. The molecule has 0 amide bonds. The van der Waals surface area contributed by atoms with Crippen LogP contribution in [0.25, 0.3) is 0 Å². The van der Waals surface area contributed by atoms with Crippen molar-refractivity contribution in [3.05, 3.63) is 12.2 Å². The lowest BCUT2D eigenvalue weighted by molar-refractivity contribution is -0.870. The minimum atomic E-state index is -4.38. The number of quaternary nitrogens is 1. The number of unbranched alkanes of at least 4 members (excludes halogenated alkanes) is 48. The zero-order chi connectivity index (χ0) is 56.3. The number of rotatable bonds is 64. The van der Waals surface area contributed by atoms with E-state index in [1.807, 2.05) is 21.1 Å². The first-order valence-corrected chi connectivity index (χ1v) is 35.4. The lowest BCUT2D eigenvalue weighted by Crippen LogP contribution is -2.37. The molecular formula is C67H133NO8P+. The van der Waals surface area contributed by atoms with Crippen LogP contribution in [0.4, 0.5) is 0 Å². The van der Waals surface area contributed by atoms with Gasteiger partial charge < -0.3 is 18.9 Å². The Morgan fingerprint density at radius 2 is 0.662 bits per heavy atom. The largest absolute Gasteiger partial charge is 0.472 e. The van der Waals surface area contributed by atoms with Gasteiger partial charge in [0.05, 0.1) is 27.7 Å². The zero-order valence-corrected chi connectivity index (χ0v) is 53.1. The third-order valence-corrected chi connectivity index (χ3v) is 16.5. The number of esters is 2. The Bertz CT molecular complexity index is 1300. The second kappa shape index (κ2) is 59.4. The second-order valence-electron chi connectivity index (χ2n) is 24.6. The number of hydrogen-bond acceptors (Lipinski definition) is 7. The first kappa shape index (κ1) is 75.8. The molecule has 0 spiro atoms. The van der Waals surface area contributed by atoms with Crippen molar-refractivity contribution < 1.29 is 42.1 Å². The van der Waals surface area contributed by atoms with E-state index in [0.29, 0.717) is 17.4 Å². The van der Waals surface area contributed by atoms with Gasteiger partial charge in [-0.05, 0) is 38.5 Å². The van der Waals surface area contributed by atoms with Crippen molar-refractivity contribution in [1.82, 2.24) is 0 Å². The Kier molecular flexibility index (Phi) is 58.4. The molecule has 0 fully saturated rings. The first-order valence-electron chi connectivity index (χ1n) is 33.9. The van der Waals surface area contributed by atoms with Gasteiger partial charge in [0.2, 0.25) is 0 Å². The molecule has 0 aliphatic rings. The molecule has 0 aromatic heterocycles. The molecule has 77 heavy (non-hydrogen) atoms. The predicted octanol–water partition coefficient (Wildman–Crippen LogP) is 21.6. The van der Waals surface area contributed by atoms with E-state index in [4.69, 9.17) is 18.5 Å². The van der Waals surface area contributed by atoms with Crippen molar-refractivity contribution in [2.75, 3.05) is 47.5 Å². The van der Waals surface area contributed by atoms with Gasteiger partial charge in [-0.3, -0.25) is 18.6 Å². The summed E-state index contributed by atoms with van der Waals surface area (Å²) in [4.78, 5) is 35.6. The van der Waals surface area contributed by atoms with Crippen molar-refractivity contribution >= 4 is 19.8 Å². The van der Waals surface area contributed by atoms with Gasteiger partial charge >= 0.3 is 19.8 Å². The number of nitrogens with zero attached hydrogens (tertiary/aromatic N) is 1. The van der Waals surface area contributed by atoms with Gasteiger partial charge in [-0.25, -0.2) is 4.57 Å². The molecule has 9 nitrogen and oxygen atoms in total. The highest BCUT2D eigenvalue weighted by atomic mass is 31.2. The summed E-state index contributed by atoms with van der Waals surface area (Å²) in [6.45, 7) is 4.48. The van der Waals surface area contributed by atoms with Crippen LogP contribution in [-0.2, 0) is 32.7 Å². The van der Waals surface area contributed by atoms with E-state index in [9.17, 15) is 19.0 Å². The van der Waals surface area contributed by atoms with Gasteiger partial charge in [-0.2, -0.15) is 0 Å². The molecule has 0 aliphatic carbocycles. The molecule has 0 rings (SSSR count). The summed E-state index contributed by atoms with van der Waals surface area (Å²) in [6, 6.07) is 0. The monoisotopic (exact) mass is 1110 g/mol. The standard InChI is InChI=1S/C67H132NO8P/c1-6-8-10-12-14-16-18-20-21-22-23-24-25-26-27-28-29-30-31-32-33-34-35-36-37-38-39-40-41-42-43-44-45-46-47-48-50-52-54-56-58-60-67(70)76-65(64-75-77(71,72)74-62-61-68(3,4)5)63-73-66(69)59-57-55-53-51-49-19-17-15-13-11-9-7-2/h22-23,65H,6-21,24-64H2,1-5H3/p+1/b23-22-. The molecule has 1 N–H and O–H groups in total. The predicted molar refractivity (Wildman–Crippen MR) is 331 cm³/mol. The van der Waals surface area contributed by atoms with Crippen LogP contribution in [0.5, 0.6) is 0 Å². The summed E-state index contributed by atoms with van der Waals surface area (Å²) in [5.74, 6) is -0.777. The fourth-order valence-electron chi connectivity index (χ4n) is 10.3. The number of carbonyl (C=O) groups is 2. The van der Waals surface area contributed by atoms with E-state index in [1.165, 1.54) is 289 Å². The molecule has 10 heteroatoms. The minimum absolute atomic E-state index is 0.0367. The van der Waals surface area contributed by atoms with E-state index in [-0.39, 0.29) is 25.6 Å². The van der Waals surface area contributed by atoms with Crippen molar-refractivity contribution in [3.8, 4) is 0 Å². The van der Waals surface area contributed by atoms with Crippen LogP contribution in [0, 0.1) is 0 Å². The average molecular weight is 1110 g/mol. The topological polar surface area (TPSA) is 108 Å². The summed E-state index contributed by atoms with van der Waals surface area (Å²) < 4.78 is 34.6. The van der Waals surface area contributed by atoms with Gasteiger partial charge in [-0.15, -0.1) is 0 Å². The number of hydrogen-bond donors (Lipinski definition) is 1. The van der Waals surface area contributed by atoms with Gasteiger partial charge in [-0.1, -0.05) is 315 Å². The molecule has 0 aromatic rings. The Balaban J connectivity index is 3.78. The van der Waals surface area contributed by atoms with E-state index in [0.717, 1.165) is 38.5 Å². The van der Waals surface area contributed by atoms with Crippen molar-refractivity contribution in [1.29, 1.82) is 0 Å². The van der Waals surface area contributed by atoms with E-state index < -0.39 is 26.5 Å². The van der Waals surface area contributed by atoms with Gasteiger partial charge in [0, 0.05) is 12.8 Å². The fraction of sp³-hybridized carbons (Fsp3) is 0.940. The maximum absolute atomic E-state index is 12.8. The van der Waals surface area contributed by atoms with Gasteiger partial charge in [0.1, 0.15) is 19.8 Å². The van der Waals surface area contributed by atoms with Crippen LogP contribution < -0.4 is 0 Å². The highest BCUT2D eigenvalue weighted by Gasteiger charge is 2.27. The fourth-order valence-corrected chi connectivity index (χ4v) is 11.1. The van der Waals surface area contributed by atoms with Crippen molar-refractivity contribution in [2.45, 2.75) is 360 Å². The maximum atomic E-state index is 12.8. The quantitative estimate of drug-likeness (QED) is 0.0211. The van der Waals surface area contributed by atoms with Crippen LogP contribution >= 0.6 is 7.82 Å². The Labute approximate surface area is 479 Å². The Morgan fingerprint density at radius 1 is 0.390 bits per heavy atom. The number of phosphoric acid groups is 1. The highest BCUT2D eigenvalue weighted by molar-refractivity contribution is 7.47. The number of likely N-dealkylation sites (N-methyl/N-ethyl adjacent to an activating group) is 1. The number of allylic oxidation sites excluding steroid dienone is 2. The normalized spacial score (nSPS) is 13.2. The Morgan fingerprint density at radius 3 is 0.961 bits per heavy atom. The summed E-state index contributed by atoms with van der Waals surface area (Å²) in [5, 5.41) is 0. The third kappa shape index (κ3) is 63.8. The van der Waals surface area contributed by atoms with Gasteiger partial charge in [0.15, 0.2) is 6.10 Å². The molecule has 0 bridgehead atoms. The molecule has 0 saturated carbocycles. The number of phosphoric ester groups is 1. The lowest BCUT2D eigenvalue weighted by atomic mass is 10.0. The van der Waals surface area contributed by atoms with Gasteiger partial charge in [0.25, 0.3) is 0 Å². The number of ether oxygens (including phenoxy) is 2. The third-order valence-electron chi connectivity index (χ3n) is 15.5. The number of carbonyl (C=O) groups excluding carboxylic acids is 2. The van der Waals surface area contributed by atoms with E-state index >= 15 is 0 Å². The summed E-state index contributed by atoms with van der Waals surface area (Å²) in [5.41, 5.74) is 0. The van der Waals surface area contributed by atoms with Crippen LogP contribution in [0.2, 0.25) is 0 Å². The Hall–Kier alpha value is -1.25. The van der Waals surface area contributed by atoms with Crippen LogP contribution in [0.15, 0.2) is 12.2 Å². The zero-order valence-electron chi connectivity index (χ0n) is 52.2. The molecule has 0 radical (unpaired) electrons. The molecule has 0 saturated heterocycles. The molecule has 0 aromatic carbocycles. The second-order valence-corrected chi connectivity index (χ2v) is 26.0. The SMILES string of the molecule is CCCCCCCCCC/C=C\CCCCCCCCCCCCCCCCCCCCCCCCCCCCCCCC(=O)OC(COC(=O)CCCCCCCCCCCCCC)COP(=O)(O)OCC[N+](C)(C)C. The smallest absolute Gasteiger partial charge is 0.462 e. The van der Waals surface area contributed by atoms with Crippen LogP contribution in [0.3, 0.4) is 0 Å². The van der Waals surface area contributed by atoms with Crippen LogP contribution in [-0.4, -0.2) is 74.9 Å². The first-order chi connectivity index (χ1) is 37.5. The van der Waals surface area contributed by atoms with E-state index in [2.05, 4.69) is 26.0 Å². The minimum Gasteiger partial charge on any atom is -0.462 e. The van der Waals surface area contributed by atoms with Crippen molar-refractivity contribution in [2.24, 2.45) is 0 Å². The highest BCUT2D eigenvalue weighted by Crippen LogP contribution is 2.43. The molecule has 0 heterocycles. The molecule has 458 valence electrons. The van der Waals surface area contributed by atoms with Crippen molar-refractivity contribution in [3.63, 3.8) is 0 Å². The molecule has 0 aliphatic heterocycles. The summed E-state index contributed by atoms with van der Waals surface area (Å²) in [7, 11) is 1.50. The molecule has 2 atom stereocenters. The van der Waals surface area contributed by atoms with E-state index in [1.54, 1.807) is 0 Å². The summed E-state index contributed by atoms with van der Waals surface area (Å²) in [6.07, 6.45) is 72.1.